The first-order valence-corrected chi connectivity index (χ1v) is 12.3. The lowest BCUT2D eigenvalue weighted by Crippen LogP contribution is -2.43. The molecule has 2 atom stereocenters. The molecule has 0 saturated heterocycles. The molecule has 0 aromatic carbocycles. The van der Waals surface area contributed by atoms with Crippen LogP contribution in [0.1, 0.15) is 74.7 Å². The number of nitrogens with two attached hydrogens (primary N) is 1. The summed E-state index contributed by atoms with van der Waals surface area (Å²) in [5, 5.41) is 3.06. The van der Waals surface area contributed by atoms with E-state index in [1.54, 1.807) is 6.92 Å². The molecule has 0 aromatic heterocycles. The average molecular weight is 453 g/mol. The largest absolute Gasteiger partial charge is 0.472 e. The van der Waals surface area contributed by atoms with Gasteiger partial charge in [0.1, 0.15) is 0 Å². The Kier molecular flexibility index (Phi) is 12.3. The van der Waals surface area contributed by atoms with Gasteiger partial charge in [-0.05, 0) is 50.5 Å². The van der Waals surface area contributed by atoms with Crippen LogP contribution in [0.4, 0.5) is 0 Å². The lowest BCUT2D eigenvalue weighted by molar-refractivity contribution is -0.131. The van der Waals surface area contributed by atoms with Gasteiger partial charge >= 0.3 is 7.82 Å². The Morgan fingerprint density at radius 1 is 1.13 bits per heavy atom. The first-order chi connectivity index (χ1) is 13.6. The third-order valence-corrected chi connectivity index (χ3v) is 5.95. The first kappa shape index (κ1) is 29.5. The van der Waals surface area contributed by atoms with Crippen molar-refractivity contribution >= 4 is 13.7 Å². The Morgan fingerprint density at radius 2 is 1.73 bits per heavy atom. The Hall–Kier alpha value is -0.500. The van der Waals surface area contributed by atoms with Gasteiger partial charge in [0.25, 0.3) is 0 Å². The monoisotopic (exact) mass is 452 g/mol. The number of carbonyl (C=O) groups excluding carboxylic acids is 1. The SMILES string of the molecule is CCOP(=O)(O)OCC(C)(C)CC(C)(C)CNC(=O)C(C)(C)CCOC(C)CCN. The highest BCUT2D eigenvalue weighted by Gasteiger charge is 2.34. The molecular weight excluding hydrogens is 407 g/mol. The van der Waals surface area contributed by atoms with Crippen molar-refractivity contribution in [3.63, 3.8) is 0 Å². The number of amides is 1. The summed E-state index contributed by atoms with van der Waals surface area (Å²) >= 11 is 0. The minimum Gasteiger partial charge on any atom is -0.378 e. The molecule has 2 unspecified atom stereocenters. The third kappa shape index (κ3) is 13.0. The van der Waals surface area contributed by atoms with E-state index in [1.807, 2.05) is 34.6 Å². The lowest BCUT2D eigenvalue weighted by atomic mass is 9.75. The summed E-state index contributed by atoms with van der Waals surface area (Å²) < 4.78 is 27.3. The van der Waals surface area contributed by atoms with E-state index in [2.05, 4.69) is 19.2 Å². The van der Waals surface area contributed by atoms with Crippen molar-refractivity contribution in [2.24, 2.45) is 22.0 Å². The summed E-state index contributed by atoms with van der Waals surface area (Å²) in [7, 11) is -4.02. The molecule has 4 N–H and O–H groups in total. The van der Waals surface area contributed by atoms with E-state index in [-0.39, 0.29) is 36.1 Å². The predicted molar refractivity (Wildman–Crippen MR) is 120 cm³/mol. The topological polar surface area (TPSA) is 120 Å². The maximum absolute atomic E-state index is 12.7. The van der Waals surface area contributed by atoms with Crippen LogP contribution >= 0.6 is 7.82 Å². The molecule has 0 aliphatic carbocycles. The van der Waals surface area contributed by atoms with Crippen molar-refractivity contribution in [2.75, 3.05) is 32.9 Å². The zero-order valence-corrected chi connectivity index (χ0v) is 21.1. The first-order valence-electron chi connectivity index (χ1n) is 10.8. The molecule has 0 radical (unpaired) electrons. The second kappa shape index (κ2) is 12.5. The fourth-order valence-electron chi connectivity index (χ4n) is 3.37. The van der Waals surface area contributed by atoms with E-state index in [0.717, 1.165) is 6.42 Å². The lowest BCUT2D eigenvalue weighted by Gasteiger charge is -2.36. The predicted octanol–water partition coefficient (Wildman–Crippen LogP) is 3.87. The Balaban J connectivity index is 4.59. The quantitative estimate of drug-likeness (QED) is 0.304. The molecular formula is C21H45N2O6P. The van der Waals surface area contributed by atoms with Crippen molar-refractivity contribution in [3.05, 3.63) is 0 Å². The summed E-state index contributed by atoms with van der Waals surface area (Å²) in [6.07, 6.45) is 2.20. The molecule has 1 amide bonds. The summed E-state index contributed by atoms with van der Waals surface area (Å²) in [4.78, 5) is 22.3. The highest BCUT2D eigenvalue weighted by molar-refractivity contribution is 7.47. The molecule has 0 heterocycles. The van der Waals surface area contributed by atoms with Crippen LogP contribution in [0, 0.1) is 16.2 Å². The zero-order chi connectivity index (χ0) is 23.6. The smallest absolute Gasteiger partial charge is 0.378 e. The number of nitrogens with one attached hydrogen (secondary N) is 1. The molecule has 0 aromatic rings. The fraction of sp³-hybridized carbons (Fsp3) is 0.952. The van der Waals surface area contributed by atoms with E-state index >= 15 is 0 Å². The summed E-state index contributed by atoms with van der Waals surface area (Å²) in [6, 6.07) is 0. The van der Waals surface area contributed by atoms with Gasteiger partial charge in [-0.2, -0.15) is 0 Å². The maximum Gasteiger partial charge on any atom is 0.472 e. The molecule has 0 bridgehead atoms. The van der Waals surface area contributed by atoms with Crippen molar-refractivity contribution in [1.29, 1.82) is 0 Å². The maximum atomic E-state index is 12.7. The molecule has 30 heavy (non-hydrogen) atoms. The van der Waals surface area contributed by atoms with Crippen LogP contribution in [0.3, 0.4) is 0 Å². The van der Waals surface area contributed by atoms with Crippen LogP contribution < -0.4 is 11.1 Å². The standard InChI is InChI=1S/C21H45N2O6P/c1-9-28-30(25,26)29-16-20(5,6)14-19(3,4)15-23-18(24)21(7,8)11-13-27-17(2)10-12-22/h17H,9-16,22H2,1-8H3,(H,23,24)(H,25,26). The van der Waals surface area contributed by atoms with Gasteiger partial charge in [-0.15, -0.1) is 0 Å². The van der Waals surface area contributed by atoms with Crippen molar-refractivity contribution in [2.45, 2.75) is 80.8 Å². The van der Waals surface area contributed by atoms with Gasteiger partial charge in [-0.25, -0.2) is 4.57 Å². The molecule has 9 heteroatoms. The minimum atomic E-state index is -4.02. The molecule has 0 aliphatic heterocycles. The zero-order valence-electron chi connectivity index (χ0n) is 20.2. The van der Waals surface area contributed by atoms with Gasteiger partial charge in [0.05, 0.1) is 19.3 Å². The van der Waals surface area contributed by atoms with E-state index in [9.17, 15) is 14.3 Å². The minimum absolute atomic E-state index is 0.0177. The average Bonchev–Trinajstić information content (AvgIpc) is 2.57. The number of phosphoric acid groups is 1. The van der Waals surface area contributed by atoms with Gasteiger partial charge in [-0.3, -0.25) is 13.8 Å². The number of hydrogen-bond acceptors (Lipinski definition) is 6. The number of ether oxygens (including phenoxy) is 1. The fourth-order valence-corrected chi connectivity index (χ4v) is 4.28. The Bertz CT molecular complexity index is 566. The van der Waals surface area contributed by atoms with Gasteiger partial charge < -0.3 is 20.7 Å². The molecule has 180 valence electrons. The van der Waals surface area contributed by atoms with Crippen LogP contribution in [0.2, 0.25) is 0 Å². The van der Waals surface area contributed by atoms with Crippen LogP contribution in [0.5, 0.6) is 0 Å². The van der Waals surface area contributed by atoms with Crippen LogP contribution in [0.25, 0.3) is 0 Å². The van der Waals surface area contributed by atoms with E-state index in [4.69, 9.17) is 19.5 Å². The highest BCUT2D eigenvalue weighted by Crippen LogP contribution is 2.46. The van der Waals surface area contributed by atoms with E-state index < -0.39 is 13.2 Å². The van der Waals surface area contributed by atoms with Crippen LogP contribution in [-0.2, 0) is 23.1 Å². The Labute approximate surface area is 183 Å². The van der Waals surface area contributed by atoms with Crippen LogP contribution in [0.15, 0.2) is 0 Å². The van der Waals surface area contributed by atoms with Gasteiger partial charge in [0.15, 0.2) is 0 Å². The summed E-state index contributed by atoms with van der Waals surface area (Å²) in [6.45, 7) is 17.3. The van der Waals surface area contributed by atoms with Crippen molar-refractivity contribution in [3.8, 4) is 0 Å². The molecule has 0 saturated carbocycles. The third-order valence-electron chi connectivity index (χ3n) is 4.91. The molecule has 0 fully saturated rings. The number of phosphoric ester groups is 1. The molecule has 0 spiro atoms. The van der Waals surface area contributed by atoms with Gasteiger partial charge in [0.2, 0.25) is 5.91 Å². The number of rotatable bonds is 16. The molecule has 8 nitrogen and oxygen atoms in total. The van der Waals surface area contributed by atoms with Crippen molar-refractivity contribution < 1.29 is 28.0 Å². The van der Waals surface area contributed by atoms with Gasteiger partial charge in [0, 0.05) is 18.6 Å². The number of carbonyl (C=O) groups is 1. The second-order valence-corrected chi connectivity index (χ2v) is 11.7. The van der Waals surface area contributed by atoms with E-state index in [0.29, 0.717) is 32.5 Å². The summed E-state index contributed by atoms with van der Waals surface area (Å²) in [5.41, 5.74) is 4.39. The normalized spacial score (nSPS) is 16.2. The van der Waals surface area contributed by atoms with Crippen LogP contribution in [-0.4, -0.2) is 49.8 Å². The highest BCUT2D eigenvalue weighted by atomic mass is 31.2. The number of hydrogen-bond donors (Lipinski definition) is 3. The second-order valence-electron chi connectivity index (χ2n) is 10.2. The van der Waals surface area contributed by atoms with E-state index in [1.165, 1.54) is 0 Å². The molecule has 0 aliphatic rings. The Morgan fingerprint density at radius 3 is 2.27 bits per heavy atom. The van der Waals surface area contributed by atoms with Gasteiger partial charge in [-0.1, -0.05) is 41.5 Å². The molecule has 0 rings (SSSR count). The summed E-state index contributed by atoms with van der Waals surface area (Å²) in [5.74, 6) is -0.0177. The van der Waals surface area contributed by atoms with Crippen molar-refractivity contribution in [1.82, 2.24) is 5.32 Å².